The predicted octanol–water partition coefficient (Wildman–Crippen LogP) is 1.99. The number of rotatable bonds is 2. The largest absolute Gasteiger partial charge is 0.329 e. The fourth-order valence-corrected chi connectivity index (χ4v) is 3.23. The molecule has 2 nitrogen and oxygen atoms in total. The zero-order chi connectivity index (χ0) is 9.97. The van der Waals surface area contributed by atoms with Crippen LogP contribution in [0.1, 0.15) is 45.4 Å². The molecule has 2 heteroatoms. The molecule has 2 rings (SSSR count). The highest BCUT2D eigenvalue weighted by Crippen LogP contribution is 2.32. The first-order valence-corrected chi connectivity index (χ1v) is 6.27. The van der Waals surface area contributed by atoms with Crippen LogP contribution in [0.5, 0.6) is 0 Å². The molecular formula is C12H24N2. The molecule has 2 aliphatic rings. The Morgan fingerprint density at radius 1 is 1.21 bits per heavy atom. The topological polar surface area (TPSA) is 29.3 Å². The Morgan fingerprint density at radius 2 is 2.07 bits per heavy atom. The lowest BCUT2D eigenvalue weighted by atomic mass is 9.99. The Hall–Kier alpha value is -0.0800. The van der Waals surface area contributed by atoms with Crippen molar-refractivity contribution in [3.05, 3.63) is 0 Å². The van der Waals surface area contributed by atoms with Gasteiger partial charge < -0.3 is 5.73 Å². The van der Waals surface area contributed by atoms with Crippen molar-refractivity contribution >= 4 is 0 Å². The molecule has 2 N–H and O–H groups in total. The van der Waals surface area contributed by atoms with Gasteiger partial charge in [-0.1, -0.05) is 13.3 Å². The highest BCUT2D eigenvalue weighted by Gasteiger charge is 2.31. The lowest BCUT2D eigenvalue weighted by molar-refractivity contribution is 0.0997. The van der Waals surface area contributed by atoms with Crippen LogP contribution >= 0.6 is 0 Å². The van der Waals surface area contributed by atoms with Gasteiger partial charge >= 0.3 is 0 Å². The second-order valence-corrected chi connectivity index (χ2v) is 5.20. The minimum atomic E-state index is 0.694. The van der Waals surface area contributed by atoms with E-state index in [1.54, 1.807) is 0 Å². The molecule has 0 radical (unpaired) electrons. The zero-order valence-corrected chi connectivity index (χ0v) is 9.41. The van der Waals surface area contributed by atoms with Crippen LogP contribution in [-0.2, 0) is 0 Å². The van der Waals surface area contributed by atoms with E-state index in [0.29, 0.717) is 6.04 Å². The highest BCUT2D eigenvalue weighted by atomic mass is 15.2. The van der Waals surface area contributed by atoms with Crippen LogP contribution in [0.15, 0.2) is 0 Å². The first-order valence-electron chi connectivity index (χ1n) is 6.27. The number of nitrogens with zero attached hydrogens (tertiary/aromatic N) is 1. The summed E-state index contributed by atoms with van der Waals surface area (Å²) in [6, 6.07) is 1.55. The quantitative estimate of drug-likeness (QED) is 0.732. The second-order valence-electron chi connectivity index (χ2n) is 5.20. The van der Waals surface area contributed by atoms with Crippen LogP contribution in [0.3, 0.4) is 0 Å². The van der Waals surface area contributed by atoms with Crippen molar-refractivity contribution < 1.29 is 0 Å². The summed E-state index contributed by atoms with van der Waals surface area (Å²) in [6.45, 7) is 4.56. The zero-order valence-electron chi connectivity index (χ0n) is 9.41. The van der Waals surface area contributed by atoms with E-state index in [4.69, 9.17) is 5.73 Å². The Morgan fingerprint density at radius 3 is 2.71 bits per heavy atom. The molecule has 0 amide bonds. The van der Waals surface area contributed by atoms with Crippen LogP contribution in [0.2, 0.25) is 0 Å². The van der Waals surface area contributed by atoms with Gasteiger partial charge in [0.25, 0.3) is 0 Å². The third-order valence-corrected chi connectivity index (χ3v) is 4.08. The minimum Gasteiger partial charge on any atom is -0.329 e. The number of likely N-dealkylation sites (tertiary alicyclic amines) is 1. The maximum Gasteiger partial charge on any atom is 0.0221 e. The molecule has 1 aliphatic carbocycles. The Balaban J connectivity index is 1.93. The molecule has 3 atom stereocenters. The fourth-order valence-electron chi connectivity index (χ4n) is 3.23. The van der Waals surface area contributed by atoms with Crippen LogP contribution in [-0.4, -0.2) is 30.1 Å². The normalized spacial score (nSPS) is 40.3. The molecule has 1 aliphatic heterocycles. The Labute approximate surface area is 87.8 Å². The van der Waals surface area contributed by atoms with Gasteiger partial charge in [-0.2, -0.15) is 0 Å². The fraction of sp³-hybridized carbons (Fsp3) is 1.00. The van der Waals surface area contributed by atoms with Crippen LogP contribution < -0.4 is 5.73 Å². The van der Waals surface area contributed by atoms with Crippen molar-refractivity contribution in [2.24, 2.45) is 11.7 Å². The summed E-state index contributed by atoms with van der Waals surface area (Å²) in [5, 5.41) is 0. The predicted molar refractivity (Wildman–Crippen MR) is 60.2 cm³/mol. The molecule has 0 aromatic carbocycles. The van der Waals surface area contributed by atoms with E-state index in [-0.39, 0.29) is 0 Å². The lowest BCUT2D eigenvalue weighted by Crippen LogP contribution is -2.48. The minimum absolute atomic E-state index is 0.694. The molecule has 1 saturated carbocycles. The summed E-state index contributed by atoms with van der Waals surface area (Å²) in [5.74, 6) is 0.945. The van der Waals surface area contributed by atoms with Gasteiger partial charge in [-0.25, -0.2) is 0 Å². The second kappa shape index (κ2) is 4.63. The van der Waals surface area contributed by atoms with E-state index in [1.807, 2.05) is 0 Å². The molecule has 1 saturated heterocycles. The van der Waals surface area contributed by atoms with Crippen molar-refractivity contribution in [2.45, 2.75) is 57.5 Å². The monoisotopic (exact) mass is 196 g/mol. The first-order chi connectivity index (χ1) is 6.81. The molecular weight excluding hydrogens is 172 g/mol. The standard InChI is InChI=1S/C12H24N2/c1-10-5-6-11(8-10)14-7-3-2-4-12(14)9-13/h10-12H,2-9,13H2,1H3. The maximum absolute atomic E-state index is 5.85. The van der Waals surface area contributed by atoms with Crippen molar-refractivity contribution in [1.29, 1.82) is 0 Å². The van der Waals surface area contributed by atoms with Crippen LogP contribution in [0.4, 0.5) is 0 Å². The number of piperidine rings is 1. The Bertz CT molecular complexity index is 181. The van der Waals surface area contributed by atoms with E-state index < -0.39 is 0 Å². The van der Waals surface area contributed by atoms with E-state index in [0.717, 1.165) is 18.5 Å². The third-order valence-electron chi connectivity index (χ3n) is 4.08. The first kappa shape index (κ1) is 10.4. The summed E-state index contributed by atoms with van der Waals surface area (Å²) in [6.07, 6.45) is 8.37. The number of hydrogen-bond acceptors (Lipinski definition) is 2. The highest BCUT2D eigenvalue weighted by molar-refractivity contribution is 4.87. The van der Waals surface area contributed by atoms with Gasteiger partial charge in [0.05, 0.1) is 0 Å². The Kier molecular flexibility index (Phi) is 3.45. The number of hydrogen-bond donors (Lipinski definition) is 1. The summed E-state index contributed by atoms with van der Waals surface area (Å²) in [4.78, 5) is 2.72. The smallest absolute Gasteiger partial charge is 0.0221 e. The molecule has 1 heterocycles. The molecule has 0 aromatic heterocycles. The van der Waals surface area contributed by atoms with E-state index in [9.17, 15) is 0 Å². The molecule has 0 bridgehead atoms. The van der Waals surface area contributed by atoms with Crippen molar-refractivity contribution in [1.82, 2.24) is 4.90 Å². The lowest BCUT2D eigenvalue weighted by Gasteiger charge is -2.39. The molecule has 2 fully saturated rings. The molecule has 0 aromatic rings. The SMILES string of the molecule is CC1CCC(N2CCCCC2CN)C1. The third kappa shape index (κ3) is 2.12. The summed E-state index contributed by atoms with van der Waals surface area (Å²) in [7, 11) is 0. The maximum atomic E-state index is 5.85. The van der Waals surface area contributed by atoms with Gasteiger partial charge in [-0.3, -0.25) is 4.90 Å². The molecule has 82 valence electrons. The average molecular weight is 196 g/mol. The van der Waals surface area contributed by atoms with Gasteiger partial charge in [0.2, 0.25) is 0 Å². The molecule has 14 heavy (non-hydrogen) atoms. The van der Waals surface area contributed by atoms with Gasteiger partial charge in [-0.15, -0.1) is 0 Å². The average Bonchev–Trinajstić information content (AvgIpc) is 2.65. The summed E-state index contributed by atoms with van der Waals surface area (Å²) in [5.41, 5.74) is 5.85. The van der Waals surface area contributed by atoms with Crippen LogP contribution in [0, 0.1) is 5.92 Å². The van der Waals surface area contributed by atoms with Gasteiger partial charge in [0.1, 0.15) is 0 Å². The van der Waals surface area contributed by atoms with E-state index >= 15 is 0 Å². The van der Waals surface area contributed by atoms with Crippen LogP contribution in [0.25, 0.3) is 0 Å². The van der Waals surface area contributed by atoms with Gasteiger partial charge in [0.15, 0.2) is 0 Å². The molecule has 0 spiro atoms. The van der Waals surface area contributed by atoms with Crippen molar-refractivity contribution in [3.8, 4) is 0 Å². The van der Waals surface area contributed by atoms with Crippen molar-refractivity contribution in [3.63, 3.8) is 0 Å². The number of nitrogens with two attached hydrogens (primary N) is 1. The van der Waals surface area contributed by atoms with E-state index in [2.05, 4.69) is 11.8 Å². The summed E-state index contributed by atoms with van der Waals surface area (Å²) >= 11 is 0. The summed E-state index contributed by atoms with van der Waals surface area (Å²) < 4.78 is 0. The van der Waals surface area contributed by atoms with Gasteiger partial charge in [-0.05, 0) is 44.6 Å². The van der Waals surface area contributed by atoms with Gasteiger partial charge in [0, 0.05) is 18.6 Å². The van der Waals surface area contributed by atoms with Crippen molar-refractivity contribution in [2.75, 3.05) is 13.1 Å². The molecule has 3 unspecified atom stereocenters. The van der Waals surface area contributed by atoms with E-state index in [1.165, 1.54) is 45.1 Å².